The summed E-state index contributed by atoms with van der Waals surface area (Å²) in [6.45, 7) is 1.45. The maximum Gasteiger partial charge on any atom is 0.320 e. The largest absolute Gasteiger partial charge is 0.480 e. The first-order chi connectivity index (χ1) is 7.02. The Morgan fingerprint density at radius 3 is 2.53 bits per heavy atom. The predicted molar refractivity (Wildman–Crippen MR) is 55.8 cm³/mol. The summed E-state index contributed by atoms with van der Waals surface area (Å²) in [6.07, 6.45) is 0.172. The first-order valence-electron chi connectivity index (χ1n) is 4.59. The van der Waals surface area contributed by atoms with Gasteiger partial charge in [-0.3, -0.25) is 9.59 Å². The van der Waals surface area contributed by atoms with Crippen molar-refractivity contribution in [2.45, 2.75) is 19.4 Å². The molecule has 0 aliphatic rings. The molecule has 1 unspecified atom stereocenters. The van der Waals surface area contributed by atoms with E-state index < -0.39 is 12.0 Å². The summed E-state index contributed by atoms with van der Waals surface area (Å²) in [5, 5.41) is 8.66. The molecule has 0 amide bonds. The Bertz CT molecular complexity index is 387. The lowest BCUT2D eigenvalue weighted by Gasteiger charge is -2.09. The molecule has 0 radical (unpaired) electrons. The highest BCUT2D eigenvalue weighted by Crippen LogP contribution is 2.11. The molecule has 0 fully saturated rings. The number of hydrogen-bond donors (Lipinski definition) is 2. The molecule has 15 heavy (non-hydrogen) atoms. The summed E-state index contributed by atoms with van der Waals surface area (Å²) in [4.78, 5) is 21.8. The average molecular weight is 207 g/mol. The number of benzene rings is 1. The molecule has 0 saturated heterocycles. The summed E-state index contributed by atoms with van der Waals surface area (Å²) in [5.74, 6) is -1.14. The fourth-order valence-electron chi connectivity index (χ4n) is 1.37. The zero-order chi connectivity index (χ0) is 11.4. The van der Waals surface area contributed by atoms with Gasteiger partial charge in [0, 0.05) is 5.56 Å². The summed E-state index contributed by atoms with van der Waals surface area (Å²) in [7, 11) is 0. The third-order valence-electron chi connectivity index (χ3n) is 2.15. The molecule has 0 aromatic heterocycles. The summed E-state index contributed by atoms with van der Waals surface area (Å²) >= 11 is 0. The van der Waals surface area contributed by atoms with Crippen LogP contribution in [0.5, 0.6) is 0 Å². The van der Waals surface area contributed by atoms with Gasteiger partial charge in [-0.05, 0) is 18.9 Å². The number of rotatable bonds is 4. The number of carboxylic acids is 1. The number of carbonyl (C=O) groups is 2. The van der Waals surface area contributed by atoms with Gasteiger partial charge in [-0.15, -0.1) is 0 Å². The number of aliphatic carboxylic acids is 1. The van der Waals surface area contributed by atoms with Gasteiger partial charge in [-0.2, -0.15) is 0 Å². The predicted octanol–water partition coefficient (Wildman–Crippen LogP) is 0.844. The molecule has 0 saturated carbocycles. The lowest BCUT2D eigenvalue weighted by Crippen LogP contribution is -2.32. The van der Waals surface area contributed by atoms with Crippen LogP contribution in [-0.2, 0) is 11.2 Å². The van der Waals surface area contributed by atoms with Gasteiger partial charge in [0.1, 0.15) is 6.04 Å². The van der Waals surface area contributed by atoms with Crippen molar-refractivity contribution in [3.05, 3.63) is 35.4 Å². The average Bonchev–Trinajstić information content (AvgIpc) is 2.18. The van der Waals surface area contributed by atoms with Crippen LogP contribution in [-0.4, -0.2) is 22.9 Å². The van der Waals surface area contributed by atoms with Crippen molar-refractivity contribution in [1.82, 2.24) is 0 Å². The van der Waals surface area contributed by atoms with Gasteiger partial charge in [0.05, 0.1) is 0 Å². The van der Waals surface area contributed by atoms with Crippen LogP contribution in [0.2, 0.25) is 0 Å². The van der Waals surface area contributed by atoms with Crippen LogP contribution >= 0.6 is 0 Å². The van der Waals surface area contributed by atoms with E-state index in [9.17, 15) is 9.59 Å². The highest BCUT2D eigenvalue weighted by atomic mass is 16.4. The standard InChI is InChI=1S/C11H13NO3/c1-7(13)9-5-3-2-4-8(9)6-10(12)11(14)15/h2-5,10H,6,12H2,1H3,(H,14,15). The maximum absolute atomic E-state index is 11.2. The lowest BCUT2D eigenvalue weighted by molar-refractivity contribution is -0.138. The van der Waals surface area contributed by atoms with Crippen molar-refractivity contribution < 1.29 is 14.7 Å². The zero-order valence-electron chi connectivity index (χ0n) is 8.43. The molecule has 0 aliphatic carbocycles. The molecule has 0 bridgehead atoms. The van der Waals surface area contributed by atoms with Gasteiger partial charge < -0.3 is 10.8 Å². The first-order valence-corrected chi connectivity index (χ1v) is 4.59. The van der Waals surface area contributed by atoms with Crippen molar-refractivity contribution in [3.8, 4) is 0 Å². The van der Waals surface area contributed by atoms with E-state index in [-0.39, 0.29) is 12.2 Å². The Balaban J connectivity index is 2.94. The van der Waals surface area contributed by atoms with Crippen molar-refractivity contribution in [2.75, 3.05) is 0 Å². The molecule has 0 aliphatic heterocycles. The molecule has 4 nitrogen and oxygen atoms in total. The van der Waals surface area contributed by atoms with Crippen LogP contribution in [0.15, 0.2) is 24.3 Å². The van der Waals surface area contributed by atoms with E-state index in [0.717, 1.165) is 0 Å². The van der Waals surface area contributed by atoms with E-state index >= 15 is 0 Å². The normalized spacial score (nSPS) is 12.1. The number of carbonyl (C=O) groups excluding carboxylic acids is 1. The maximum atomic E-state index is 11.2. The van der Waals surface area contributed by atoms with Crippen LogP contribution in [0.25, 0.3) is 0 Å². The van der Waals surface area contributed by atoms with Gasteiger partial charge in [0.2, 0.25) is 0 Å². The highest BCUT2D eigenvalue weighted by Gasteiger charge is 2.15. The zero-order valence-corrected chi connectivity index (χ0v) is 8.43. The Hall–Kier alpha value is -1.68. The fourth-order valence-corrected chi connectivity index (χ4v) is 1.37. The van der Waals surface area contributed by atoms with Crippen molar-refractivity contribution in [1.29, 1.82) is 0 Å². The second kappa shape index (κ2) is 4.70. The molecule has 4 heteroatoms. The van der Waals surface area contributed by atoms with E-state index in [0.29, 0.717) is 11.1 Å². The Labute approximate surface area is 87.7 Å². The first kappa shape index (κ1) is 11.4. The Kier molecular flexibility index (Phi) is 3.57. The molecular formula is C11H13NO3. The number of nitrogens with two attached hydrogens (primary N) is 1. The van der Waals surface area contributed by atoms with Crippen molar-refractivity contribution in [3.63, 3.8) is 0 Å². The molecule has 1 rings (SSSR count). The third-order valence-corrected chi connectivity index (χ3v) is 2.15. The summed E-state index contributed by atoms with van der Waals surface area (Å²) in [5.41, 5.74) is 6.62. The van der Waals surface area contributed by atoms with E-state index in [4.69, 9.17) is 10.8 Å². The molecule has 0 spiro atoms. The van der Waals surface area contributed by atoms with Crippen molar-refractivity contribution in [2.24, 2.45) is 5.73 Å². The van der Waals surface area contributed by atoms with Crippen LogP contribution < -0.4 is 5.73 Å². The van der Waals surface area contributed by atoms with Crippen LogP contribution in [0.1, 0.15) is 22.8 Å². The van der Waals surface area contributed by atoms with E-state index in [1.165, 1.54) is 6.92 Å². The third kappa shape index (κ3) is 2.89. The summed E-state index contributed by atoms with van der Waals surface area (Å²) in [6, 6.07) is 5.93. The minimum Gasteiger partial charge on any atom is -0.480 e. The number of ketones is 1. The molecule has 1 aromatic carbocycles. The van der Waals surface area contributed by atoms with E-state index in [1.807, 2.05) is 0 Å². The van der Waals surface area contributed by atoms with Crippen LogP contribution in [0.3, 0.4) is 0 Å². The fraction of sp³-hybridized carbons (Fsp3) is 0.273. The number of Topliss-reactive ketones (excluding diaryl/α,β-unsaturated/α-hetero) is 1. The Morgan fingerprint density at radius 2 is 2.00 bits per heavy atom. The molecule has 1 atom stereocenters. The van der Waals surface area contributed by atoms with Gasteiger partial charge in [0.25, 0.3) is 0 Å². The van der Waals surface area contributed by atoms with Crippen LogP contribution in [0, 0.1) is 0 Å². The van der Waals surface area contributed by atoms with E-state index in [1.54, 1.807) is 24.3 Å². The topological polar surface area (TPSA) is 80.4 Å². The van der Waals surface area contributed by atoms with E-state index in [2.05, 4.69) is 0 Å². The quantitative estimate of drug-likeness (QED) is 0.717. The molecule has 1 aromatic rings. The summed E-state index contributed by atoms with van der Waals surface area (Å²) < 4.78 is 0. The smallest absolute Gasteiger partial charge is 0.320 e. The minimum atomic E-state index is -1.06. The number of carboxylic acid groups (broad SMARTS) is 1. The molecular weight excluding hydrogens is 194 g/mol. The second-order valence-electron chi connectivity index (χ2n) is 3.36. The molecule has 80 valence electrons. The minimum absolute atomic E-state index is 0.0804. The van der Waals surface area contributed by atoms with Gasteiger partial charge in [0.15, 0.2) is 5.78 Å². The van der Waals surface area contributed by atoms with Crippen molar-refractivity contribution >= 4 is 11.8 Å². The van der Waals surface area contributed by atoms with Gasteiger partial charge >= 0.3 is 5.97 Å². The Morgan fingerprint density at radius 1 is 1.40 bits per heavy atom. The highest BCUT2D eigenvalue weighted by molar-refractivity contribution is 5.95. The van der Waals surface area contributed by atoms with Gasteiger partial charge in [-0.25, -0.2) is 0 Å². The second-order valence-corrected chi connectivity index (χ2v) is 3.36. The molecule has 3 N–H and O–H groups in total. The van der Waals surface area contributed by atoms with Gasteiger partial charge in [-0.1, -0.05) is 24.3 Å². The SMILES string of the molecule is CC(=O)c1ccccc1CC(N)C(=O)O. The van der Waals surface area contributed by atoms with Crippen LogP contribution in [0.4, 0.5) is 0 Å². The number of hydrogen-bond acceptors (Lipinski definition) is 3. The monoisotopic (exact) mass is 207 g/mol. The lowest BCUT2D eigenvalue weighted by atomic mass is 9.98. The molecule has 0 heterocycles.